The summed E-state index contributed by atoms with van der Waals surface area (Å²) in [6.45, 7) is 2.43. The van der Waals surface area contributed by atoms with Crippen LogP contribution < -0.4 is 4.90 Å². The van der Waals surface area contributed by atoms with Crippen LogP contribution in [-0.2, 0) is 21.1 Å². The molecule has 0 spiro atoms. The van der Waals surface area contributed by atoms with E-state index in [1.54, 1.807) is 24.3 Å². The SMILES string of the molecule is CN1CCC[C@@H]1CC1CN(CC=O)c2ccc(CCS(=O)(=O)c3ccccc3)cc21. The number of fused-ring (bicyclic) bond motifs is 1. The van der Waals surface area contributed by atoms with Gasteiger partial charge in [0.25, 0.3) is 0 Å². The first-order chi connectivity index (χ1) is 14.5. The highest BCUT2D eigenvalue weighted by Gasteiger charge is 2.33. The Labute approximate surface area is 179 Å². The van der Waals surface area contributed by atoms with Crippen LogP contribution in [0.15, 0.2) is 53.4 Å². The van der Waals surface area contributed by atoms with Gasteiger partial charge in [-0.2, -0.15) is 0 Å². The van der Waals surface area contributed by atoms with Crippen molar-refractivity contribution in [2.45, 2.75) is 42.5 Å². The van der Waals surface area contributed by atoms with Crippen molar-refractivity contribution in [2.75, 3.05) is 37.3 Å². The molecule has 1 fully saturated rings. The maximum atomic E-state index is 12.7. The van der Waals surface area contributed by atoms with E-state index < -0.39 is 9.84 Å². The Balaban J connectivity index is 1.52. The summed E-state index contributed by atoms with van der Waals surface area (Å²) in [7, 11) is -1.10. The normalized spacial score (nSPS) is 21.7. The van der Waals surface area contributed by atoms with Crippen LogP contribution in [0.3, 0.4) is 0 Å². The predicted molar refractivity (Wildman–Crippen MR) is 120 cm³/mol. The molecule has 2 aliphatic heterocycles. The molecule has 160 valence electrons. The summed E-state index contributed by atoms with van der Waals surface area (Å²) in [6, 6.07) is 15.5. The van der Waals surface area contributed by atoms with Gasteiger partial charge < -0.3 is 14.6 Å². The molecule has 2 aliphatic rings. The molecular formula is C24H30N2O3S. The first-order valence-corrected chi connectivity index (χ1v) is 12.4. The smallest absolute Gasteiger partial charge is 0.178 e. The topological polar surface area (TPSA) is 57.7 Å². The van der Waals surface area contributed by atoms with Crippen LogP contribution in [0.2, 0.25) is 0 Å². The molecule has 0 radical (unpaired) electrons. The van der Waals surface area contributed by atoms with Crippen LogP contribution in [0, 0.1) is 0 Å². The highest BCUT2D eigenvalue weighted by atomic mass is 32.2. The molecule has 0 bridgehead atoms. The number of likely N-dealkylation sites (tertiary alicyclic amines) is 1. The van der Waals surface area contributed by atoms with E-state index in [0.29, 0.717) is 29.8 Å². The largest absolute Gasteiger partial charge is 0.364 e. The molecule has 30 heavy (non-hydrogen) atoms. The van der Waals surface area contributed by atoms with E-state index in [2.05, 4.69) is 29.0 Å². The molecule has 4 rings (SSSR count). The van der Waals surface area contributed by atoms with Gasteiger partial charge in [0.15, 0.2) is 9.84 Å². The van der Waals surface area contributed by atoms with Crippen LogP contribution in [0.1, 0.15) is 36.3 Å². The molecule has 0 amide bonds. The number of carbonyl (C=O) groups excluding carboxylic acids is 1. The Kier molecular flexibility index (Phi) is 6.25. The van der Waals surface area contributed by atoms with Gasteiger partial charge in [0.2, 0.25) is 0 Å². The Morgan fingerprint density at radius 1 is 1.13 bits per heavy atom. The van der Waals surface area contributed by atoms with Crippen molar-refractivity contribution in [3.05, 3.63) is 59.7 Å². The number of benzene rings is 2. The number of hydrogen-bond acceptors (Lipinski definition) is 5. The predicted octanol–water partition coefficient (Wildman–Crippen LogP) is 3.29. The van der Waals surface area contributed by atoms with Crippen molar-refractivity contribution in [2.24, 2.45) is 0 Å². The summed E-state index contributed by atoms with van der Waals surface area (Å²) in [4.78, 5) is 16.2. The second-order valence-electron chi connectivity index (χ2n) is 8.56. The molecule has 2 atom stereocenters. The Hall–Kier alpha value is -2.18. The van der Waals surface area contributed by atoms with Crippen LogP contribution in [0.4, 0.5) is 5.69 Å². The fraction of sp³-hybridized carbons (Fsp3) is 0.458. The third-order valence-electron chi connectivity index (χ3n) is 6.60. The van der Waals surface area contributed by atoms with Crippen molar-refractivity contribution in [1.82, 2.24) is 4.90 Å². The summed E-state index contributed by atoms with van der Waals surface area (Å²) in [6.07, 6.45) is 5.02. The van der Waals surface area contributed by atoms with Crippen LogP contribution in [-0.4, -0.2) is 58.1 Å². The van der Waals surface area contributed by atoms with Crippen molar-refractivity contribution in [3.63, 3.8) is 0 Å². The van der Waals surface area contributed by atoms with Crippen molar-refractivity contribution < 1.29 is 13.2 Å². The minimum atomic E-state index is -3.29. The summed E-state index contributed by atoms with van der Waals surface area (Å²) in [5, 5.41) is 0. The first kappa shape index (κ1) is 21.1. The average Bonchev–Trinajstić information content (AvgIpc) is 3.31. The lowest BCUT2D eigenvalue weighted by atomic mass is 9.91. The van der Waals surface area contributed by atoms with Gasteiger partial charge in [-0.25, -0.2) is 8.42 Å². The molecule has 0 aromatic heterocycles. The minimum Gasteiger partial charge on any atom is -0.364 e. The third kappa shape index (κ3) is 4.44. The van der Waals surface area contributed by atoms with E-state index >= 15 is 0 Å². The maximum absolute atomic E-state index is 12.7. The van der Waals surface area contributed by atoms with Crippen LogP contribution in [0.5, 0.6) is 0 Å². The molecule has 0 N–H and O–H groups in total. The van der Waals surface area contributed by atoms with E-state index in [1.165, 1.54) is 18.4 Å². The van der Waals surface area contributed by atoms with Crippen LogP contribution >= 0.6 is 0 Å². The molecule has 0 saturated carbocycles. The number of sulfone groups is 1. The van der Waals surface area contributed by atoms with Crippen molar-refractivity contribution in [3.8, 4) is 0 Å². The number of anilines is 1. The fourth-order valence-corrected chi connectivity index (χ4v) is 6.22. The molecule has 5 nitrogen and oxygen atoms in total. The zero-order valence-corrected chi connectivity index (χ0v) is 18.4. The molecule has 0 aliphatic carbocycles. The number of rotatable bonds is 8. The number of carbonyl (C=O) groups is 1. The van der Waals surface area contributed by atoms with Gasteiger partial charge in [0.05, 0.1) is 17.2 Å². The molecular weight excluding hydrogens is 396 g/mol. The highest BCUT2D eigenvalue weighted by molar-refractivity contribution is 7.91. The second kappa shape index (κ2) is 8.90. The fourth-order valence-electron chi connectivity index (χ4n) is 4.90. The lowest BCUT2D eigenvalue weighted by Gasteiger charge is -2.23. The van der Waals surface area contributed by atoms with E-state index in [-0.39, 0.29) is 5.75 Å². The summed E-state index contributed by atoms with van der Waals surface area (Å²) < 4.78 is 25.3. The summed E-state index contributed by atoms with van der Waals surface area (Å²) in [5.41, 5.74) is 3.44. The molecule has 1 saturated heterocycles. The monoisotopic (exact) mass is 426 g/mol. The number of aryl methyl sites for hydroxylation is 1. The van der Waals surface area contributed by atoms with Gasteiger partial charge in [-0.3, -0.25) is 0 Å². The van der Waals surface area contributed by atoms with Crippen LogP contribution in [0.25, 0.3) is 0 Å². The van der Waals surface area contributed by atoms with Crippen molar-refractivity contribution in [1.29, 1.82) is 0 Å². The van der Waals surface area contributed by atoms with E-state index in [4.69, 9.17) is 0 Å². The zero-order valence-electron chi connectivity index (χ0n) is 17.5. The van der Waals surface area contributed by atoms with Gasteiger partial charge in [-0.05, 0) is 68.6 Å². The van der Waals surface area contributed by atoms with E-state index in [1.807, 2.05) is 12.1 Å². The van der Waals surface area contributed by atoms with E-state index in [9.17, 15) is 13.2 Å². The summed E-state index contributed by atoms with van der Waals surface area (Å²) in [5.74, 6) is 0.486. The first-order valence-electron chi connectivity index (χ1n) is 10.8. The summed E-state index contributed by atoms with van der Waals surface area (Å²) >= 11 is 0. The third-order valence-corrected chi connectivity index (χ3v) is 8.33. The number of hydrogen-bond donors (Lipinski definition) is 0. The molecule has 1 unspecified atom stereocenters. The Morgan fingerprint density at radius 2 is 1.93 bits per heavy atom. The van der Waals surface area contributed by atoms with E-state index in [0.717, 1.165) is 37.0 Å². The second-order valence-corrected chi connectivity index (χ2v) is 10.7. The zero-order chi connectivity index (χ0) is 21.1. The maximum Gasteiger partial charge on any atom is 0.178 e. The quantitative estimate of drug-likeness (QED) is 0.607. The van der Waals surface area contributed by atoms with Gasteiger partial charge in [0.1, 0.15) is 6.29 Å². The average molecular weight is 427 g/mol. The minimum absolute atomic E-state index is 0.101. The van der Waals surface area contributed by atoms with Gasteiger partial charge >= 0.3 is 0 Å². The lowest BCUT2D eigenvalue weighted by molar-refractivity contribution is -0.106. The lowest BCUT2D eigenvalue weighted by Crippen LogP contribution is -2.29. The van der Waals surface area contributed by atoms with Gasteiger partial charge in [-0.15, -0.1) is 0 Å². The number of aldehydes is 1. The Morgan fingerprint density at radius 3 is 2.63 bits per heavy atom. The molecule has 2 aromatic carbocycles. The Bertz CT molecular complexity index is 991. The number of nitrogens with zero attached hydrogens (tertiary/aromatic N) is 2. The van der Waals surface area contributed by atoms with Gasteiger partial charge in [0, 0.05) is 24.2 Å². The standard InChI is InChI=1S/C24H30N2O3S/c1-25-12-5-6-21(25)17-20-18-26(13-14-27)24-10-9-19(16-23(20)24)11-15-30(28,29)22-7-3-2-4-8-22/h2-4,7-10,14,16,20-21H,5-6,11-13,15,17-18H2,1H3/t20?,21-/m1/s1. The molecule has 6 heteroatoms. The van der Waals surface area contributed by atoms with Crippen molar-refractivity contribution >= 4 is 21.8 Å². The highest BCUT2D eigenvalue weighted by Crippen LogP contribution is 2.40. The molecule has 2 heterocycles. The van der Waals surface area contributed by atoms with Gasteiger partial charge in [-0.1, -0.05) is 30.3 Å². The molecule has 2 aromatic rings.